The molecule has 0 saturated carbocycles. The largest absolute Gasteiger partial charge is 0.382 e. The van der Waals surface area contributed by atoms with E-state index in [0.29, 0.717) is 22.8 Å². The van der Waals surface area contributed by atoms with Gasteiger partial charge in [0.1, 0.15) is 11.9 Å². The van der Waals surface area contributed by atoms with Crippen molar-refractivity contribution in [2.24, 2.45) is 0 Å². The third-order valence-electron chi connectivity index (χ3n) is 2.80. The summed E-state index contributed by atoms with van der Waals surface area (Å²) in [7, 11) is 0. The van der Waals surface area contributed by atoms with E-state index in [-0.39, 0.29) is 4.47 Å². The highest BCUT2D eigenvalue weighted by Crippen LogP contribution is 2.33. The first kappa shape index (κ1) is 14.5. The van der Waals surface area contributed by atoms with Crippen LogP contribution in [-0.2, 0) is 6.54 Å². The van der Waals surface area contributed by atoms with Crippen molar-refractivity contribution in [2.75, 3.05) is 0 Å². The van der Waals surface area contributed by atoms with Gasteiger partial charge in [-0.3, -0.25) is 4.68 Å². The molecule has 0 fully saturated rings. The minimum absolute atomic E-state index is 0.239. The molecule has 0 bridgehead atoms. The number of hydrogen-bond acceptors (Lipinski definition) is 2. The average molecular weight is 348 g/mol. The summed E-state index contributed by atoms with van der Waals surface area (Å²) >= 11 is 9.21. The maximum absolute atomic E-state index is 13.5. The predicted molar refractivity (Wildman–Crippen MR) is 75.7 cm³/mol. The Labute approximate surface area is 124 Å². The lowest BCUT2D eigenvalue weighted by Crippen LogP contribution is -2.11. The molecule has 0 saturated heterocycles. The Morgan fingerprint density at radius 3 is 2.95 bits per heavy atom. The van der Waals surface area contributed by atoms with Crippen LogP contribution in [0.2, 0.25) is 5.02 Å². The van der Waals surface area contributed by atoms with Crippen LogP contribution in [0.25, 0.3) is 0 Å². The maximum Gasteiger partial charge on any atom is 0.137 e. The summed E-state index contributed by atoms with van der Waals surface area (Å²) in [5.41, 5.74) is 0.912. The molecule has 0 aliphatic rings. The van der Waals surface area contributed by atoms with Crippen LogP contribution in [0.1, 0.15) is 30.7 Å². The second-order valence-electron chi connectivity index (χ2n) is 4.15. The third kappa shape index (κ3) is 2.83. The number of aliphatic hydroxyl groups is 1. The molecule has 1 N–H and O–H groups in total. The number of halogens is 3. The van der Waals surface area contributed by atoms with Crippen LogP contribution in [-0.4, -0.2) is 14.9 Å². The van der Waals surface area contributed by atoms with Gasteiger partial charge in [0.25, 0.3) is 0 Å². The monoisotopic (exact) mass is 346 g/mol. The van der Waals surface area contributed by atoms with Crippen molar-refractivity contribution >= 4 is 27.5 Å². The molecule has 1 aromatic carbocycles. The normalized spacial score (nSPS) is 12.7. The van der Waals surface area contributed by atoms with Gasteiger partial charge >= 0.3 is 0 Å². The lowest BCUT2D eigenvalue weighted by atomic mass is 10.1. The van der Waals surface area contributed by atoms with E-state index in [1.54, 1.807) is 16.8 Å². The van der Waals surface area contributed by atoms with Gasteiger partial charge in [0, 0.05) is 12.1 Å². The second kappa shape index (κ2) is 6.03. The van der Waals surface area contributed by atoms with E-state index in [1.165, 1.54) is 12.3 Å². The number of nitrogens with zero attached hydrogens (tertiary/aromatic N) is 2. The summed E-state index contributed by atoms with van der Waals surface area (Å²) in [6.45, 7) is 2.65. The van der Waals surface area contributed by atoms with Crippen molar-refractivity contribution < 1.29 is 9.50 Å². The van der Waals surface area contributed by atoms with Gasteiger partial charge in [-0.1, -0.05) is 30.7 Å². The van der Waals surface area contributed by atoms with Crippen molar-refractivity contribution in [1.82, 2.24) is 9.78 Å². The van der Waals surface area contributed by atoms with Crippen molar-refractivity contribution in [1.29, 1.82) is 0 Å². The van der Waals surface area contributed by atoms with Crippen LogP contribution in [0.3, 0.4) is 0 Å². The van der Waals surface area contributed by atoms with Crippen LogP contribution in [0.4, 0.5) is 4.39 Å². The zero-order valence-electron chi connectivity index (χ0n) is 10.3. The molecule has 19 heavy (non-hydrogen) atoms. The lowest BCUT2D eigenvalue weighted by molar-refractivity contribution is 0.206. The minimum atomic E-state index is -1.02. The van der Waals surface area contributed by atoms with Crippen LogP contribution in [0.15, 0.2) is 28.9 Å². The van der Waals surface area contributed by atoms with E-state index < -0.39 is 11.9 Å². The summed E-state index contributed by atoms with van der Waals surface area (Å²) < 4.78 is 15.4. The first-order valence-electron chi connectivity index (χ1n) is 5.89. The van der Waals surface area contributed by atoms with Crippen molar-refractivity contribution in [3.05, 3.63) is 51.0 Å². The van der Waals surface area contributed by atoms with Gasteiger partial charge in [-0.25, -0.2) is 4.39 Å². The van der Waals surface area contributed by atoms with Crippen molar-refractivity contribution in [2.45, 2.75) is 26.0 Å². The number of benzene rings is 1. The molecule has 1 heterocycles. The quantitative estimate of drug-likeness (QED) is 0.910. The molecule has 102 valence electrons. The zero-order chi connectivity index (χ0) is 14.0. The SMILES string of the molecule is CCCn1ncc(Cl)c1C(O)c1cccc(F)c1Br. The fourth-order valence-electron chi connectivity index (χ4n) is 1.91. The third-order valence-corrected chi connectivity index (χ3v) is 3.93. The van der Waals surface area contributed by atoms with Gasteiger partial charge in [-0.2, -0.15) is 5.10 Å². The first-order valence-corrected chi connectivity index (χ1v) is 7.06. The van der Waals surface area contributed by atoms with Gasteiger partial charge < -0.3 is 5.11 Å². The van der Waals surface area contributed by atoms with Gasteiger partial charge in [0.2, 0.25) is 0 Å². The molecule has 0 spiro atoms. The fraction of sp³-hybridized carbons (Fsp3) is 0.308. The molecule has 1 unspecified atom stereocenters. The Bertz CT molecular complexity index is 588. The maximum atomic E-state index is 13.5. The lowest BCUT2D eigenvalue weighted by Gasteiger charge is -2.15. The highest BCUT2D eigenvalue weighted by molar-refractivity contribution is 9.10. The number of aromatic nitrogens is 2. The summed E-state index contributed by atoms with van der Waals surface area (Å²) in [4.78, 5) is 0. The number of aliphatic hydroxyl groups excluding tert-OH is 1. The Morgan fingerprint density at radius 2 is 2.26 bits per heavy atom. The fourth-order valence-corrected chi connectivity index (χ4v) is 2.64. The van der Waals surface area contributed by atoms with Gasteiger partial charge in [0.15, 0.2) is 0 Å². The van der Waals surface area contributed by atoms with E-state index >= 15 is 0 Å². The summed E-state index contributed by atoms with van der Waals surface area (Å²) in [5, 5.41) is 14.9. The summed E-state index contributed by atoms with van der Waals surface area (Å²) in [5.74, 6) is -0.422. The van der Waals surface area contributed by atoms with Crippen molar-refractivity contribution in [3.63, 3.8) is 0 Å². The zero-order valence-corrected chi connectivity index (χ0v) is 12.6. The molecule has 0 aliphatic heterocycles. The van der Waals surface area contributed by atoms with Gasteiger partial charge in [-0.15, -0.1) is 0 Å². The molecule has 1 atom stereocenters. The minimum Gasteiger partial charge on any atom is -0.382 e. The number of aryl methyl sites for hydroxylation is 1. The molecule has 0 radical (unpaired) electrons. The van der Waals surface area contributed by atoms with Gasteiger partial charge in [0.05, 0.1) is 21.4 Å². The second-order valence-corrected chi connectivity index (χ2v) is 5.35. The molecule has 2 rings (SSSR count). The molecule has 0 amide bonds. The average Bonchev–Trinajstić information content (AvgIpc) is 2.74. The number of rotatable bonds is 4. The van der Waals surface area contributed by atoms with E-state index in [0.717, 1.165) is 6.42 Å². The Morgan fingerprint density at radius 1 is 1.53 bits per heavy atom. The molecular weight excluding hydrogens is 335 g/mol. The summed E-state index contributed by atoms with van der Waals surface area (Å²) in [6, 6.07) is 4.52. The van der Waals surface area contributed by atoms with Crippen LogP contribution < -0.4 is 0 Å². The highest BCUT2D eigenvalue weighted by atomic mass is 79.9. The van der Waals surface area contributed by atoms with Gasteiger partial charge in [-0.05, 0) is 28.4 Å². The van der Waals surface area contributed by atoms with E-state index in [1.807, 2.05) is 6.92 Å². The highest BCUT2D eigenvalue weighted by Gasteiger charge is 2.22. The molecule has 0 aliphatic carbocycles. The predicted octanol–water partition coefficient (Wildman–Crippen LogP) is 3.93. The van der Waals surface area contributed by atoms with E-state index in [2.05, 4.69) is 21.0 Å². The van der Waals surface area contributed by atoms with Crippen molar-refractivity contribution in [3.8, 4) is 0 Å². The number of hydrogen-bond donors (Lipinski definition) is 1. The Kier molecular flexibility index (Phi) is 4.60. The smallest absolute Gasteiger partial charge is 0.137 e. The molecule has 1 aromatic heterocycles. The van der Waals surface area contributed by atoms with Crippen LogP contribution >= 0.6 is 27.5 Å². The summed E-state index contributed by atoms with van der Waals surface area (Å²) in [6.07, 6.45) is 1.33. The molecular formula is C13H13BrClFN2O. The molecule has 6 heteroatoms. The standard InChI is InChI=1S/C13H13BrClFN2O/c1-2-6-18-12(9(15)7-17-18)13(19)8-4-3-5-10(16)11(8)14/h3-5,7,13,19H,2,6H2,1H3. The van der Waals surface area contributed by atoms with E-state index in [9.17, 15) is 9.50 Å². The van der Waals surface area contributed by atoms with Crippen LogP contribution in [0, 0.1) is 5.82 Å². The molecule has 3 nitrogen and oxygen atoms in total. The van der Waals surface area contributed by atoms with E-state index in [4.69, 9.17) is 11.6 Å². The Hall–Kier alpha value is -0.910. The first-order chi connectivity index (χ1) is 9.06. The molecule has 2 aromatic rings. The Balaban J connectivity index is 2.46. The van der Waals surface area contributed by atoms with Crippen LogP contribution in [0.5, 0.6) is 0 Å². The topological polar surface area (TPSA) is 38.0 Å².